The number of carbonyl (C=O) groups excluding carboxylic acids is 1. The Kier molecular flexibility index (Phi) is 3.66. The van der Waals surface area contributed by atoms with E-state index in [0.29, 0.717) is 17.0 Å². The van der Waals surface area contributed by atoms with Crippen molar-refractivity contribution in [1.82, 2.24) is 19.1 Å². The lowest BCUT2D eigenvalue weighted by atomic mass is 10.2. The van der Waals surface area contributed by atoms with Crippen LogP contribution in [0, 0.1) is 20.8 Å². The van der Waals surface area contributed by atoms with Crippen LogP contribution in [0.25, 0.3) is 0 Å². The minimum Gasteiger partial charge on any atom is -0.351 e. The van der Waals surface area contributed by atoms with E-state index in [4.69, 9.17) is 0 Å². The number of aromatic nitrogens is 3. The van der Waals surface area contributed by atoms with Crippen LogP contribution < -0.4 is 4.72 Å². The van der Waals surface area contributed by atoms with E-state index in [0.717, 1.165) is 5.69 Å². The Labute approximate surface area is 123 Å². The minimum atomic E-state index is -3.93. The fourth-order valence-electron chi connectivity index (χ4n) is 2.06. The molecule has 0 saturated carbocycles. The zero-order chi connectivity index (χ0) is 15.9. The zero-order valence-electron chi connectivity index (χ0n) is 12.6. The molecule has 7 nitrogen and oxygen atoms in total. The van der Waals surface area contributed by atoms with Crippen LogP contribution >= 0.6 is 0 Å². The fourth-order valence-corrected chi connectivity index (χ4v) is 3.23. The topological polar surface area (TPSA) is 86.0 Å². The third-order valence-corrected chi connectivity index (χ3v) is 5.16. The predicted octanol–water partition coefficient (Wildman–Crippen LogP) is 0.803. The summed E-state index contributed by atoms with van der Waals surface area (Å²) in [6.07, 6.45) is 1.23. The number of nitrogens with zero attached hydrogens (tertiary/aromatic N) is 3. The van der Waals surface area contributed by atoms with E-state index in [-0.39, 0.29) is 4.90 Å². The molecule has 0 aliphatic rings. The van der Waals surface area contributed by atoms with Crippen LogP contribution in [-0.4, -0.2) is 28.7 Å². The molecule has 2 aromatic heterocycles. The molecule has 2 rings (SSSR count). The van der Waals surface area contributed by atoms with E-state index in [1.165, 1.54) is 10.9 Å². The summed E-state index contributed by atoms with van der Waals surface area (Å²) in [7, 11) is -0.470. The van der Waals surface area contributed by atoms with Crippen molar-refractivity contribution >= 4 is 15.9 Å². The number of hydrogen-bond acceptors (Lipinski definition) is 4. The molecule has 0 aliphatic heterocycles. The number of rotatable bonds is 3. The van der Waals surface area contributed by atoms with Crippen molar-refractivity contribution in [2.24, 2.45) is 14.1 Å². The summed E-state index contributed by atoms with van der Waals surface area (Å²) in [4.78, 5) is 12.2. The van der Waals surface area contributed by atoms with E-state index in [9.17, 15) is 13.2 Å². The molecule has 114 valence electrons. The van der Waals surface area contributed by atoms with Gasteiger partial charge >= 0.3 is 0 Å². The Hall–Kier alpha value is -2.09. The van der Waals surface area contributed by atoms with Crippen molar-refractivity contribution < 1.29 is 13.2 Å². The summed E-state index contributed by atoms with van der Waals surface area (Å²) in [5, 5.41) is 3.88. The Morgan fingerprint density at radius 1 is 1.19 bits per heavy atom. The second-order valence-corrected chi connectivity index (χ2v) is 6.65. The second-order valence-electron chi connectivity index (χ2n) is 5.00. The first kappa shape index (κ1) is 15.3. The summed E-state index contributed by atoms with van der Waals surface area (Å²) >= 11 is 0. The molecule has 0 atom stereocenters. The van der Waals surface area contributed by atoms with Gasteiger partial charge in [0, 0.05) is 25.5 Å². The lowest BCUT2D eigenvalue weighted by Crippen LogP contribution is -2.31. The molecule has 21 heavy (non-hydrogen) atoms. The lowest BCUT2D eigenvalue weighted by Gasteiger charge is -2.06. The van der Waals surface area contributed by atoms with Crippen LogP contribution in [-0.2, 0) is 24.1 Å². The minimum absolute atomic E-state index is 0.00339. The molecule has 0 spiro atoms. The van der Waals surface area contributed by atoms with Gasteiger partial charge in [-0.1, -0.05) is 0 Å². The molecule has 2 aromatic rings. The summed E-state index contributed by atoms with van der Waals surface area (Å²) in [5.41, 5.74) is 2.41. The molecule has 1 N–H and O–H groups in total. The number of amides is 1. The number of carbonyl (C=O) groups is 1. The second kappa shape index (κ2) is 5.03. The van der Waals surface area contributed by atoms with Gasteiger partial charge in [-0.15, -0.1) is 0 Å². The largest absolute Gasteiger partial charge is 0.351 e. The van der Waals surface area contributed by atoms with Crippen LogP contribution in [0.4, 0.5) is 0 Å². The summed E-state index contributed by atoms with van der Waals surface area (Å²) in [6.45, 7) is 5.25. The van der Waals surface area contributed by atoms with Gasteiger partial charge in [0.25, 0.3) is 15.9 Å². The average molecular weight is 310 g/mol. The quantitative estimate of drug-likeness (QED) is 0.908. The third kappa shape index (κ3) is 2.58. The first-order valence-corrected chi connectivity index (χ1v) is 7.82. The first-order chi connectivity index (χ1) is 9.65. The van der Waals surface area contributed by atoms with Crippen molar-refractivity contribution in [1.29, 1.82) is 0 Å². The Balaban J connectivity index is 2.35. The number of hydrogen-bond donors (Lipinski definition) is 1. The molecule has 0 aliphatic carbocycles. The van der Waals surface area contributed by atoms with Crippen molar-refractivity contribution in [3.8, 4) is 0 Å². The monoisotopic (exact) mass is 310 g/mol. The highest BCUT2D eigenvalue weighted by atomic mass is 32.2. The molecule has 0 bridgehead atoms. The van der Waals surface area contributed by atoms with E-state index in [1.54, 1.807) is 27.0 Å². The normalized spacial score (nSPS) is 11.7. The van der Waals surface area contributed by atoms with Crippen LogP contribution in [0.2, 0.25) is 0 Å². The van der Waals surface area contributed by atoms with E-state index < -0.39 is 15.9 Å². The van der Waals surface area contributed by atoms with Gasteiger partial charge in [-0.05, 0) is 26.8 Å². The SMILES string of the molecule is Cc1c(S(=O)(=O)NC(=O)c2cc(C)n(C)c2C)cnn1C. The van der Waals surface area contributed by atoms with Gasteiger partial charge < -0.3 is 4.57 Å². The highest BCUT2D eigenvalue weighted by Gasteiger charge is 2.24. The van der Waals surface area contributed by atoms with Crippen molar-refractivity contribution in [2.75, 3.05) is 0 Å². The highest BCUT2D eigenvalue weighted by Crippen LogP contribution is 2.16. The smallest absolute Gasteiger partial charge is 0.267 e. The van der Waals surface area contributed by atoms with E-state index >= 15 is 0 Å². The molecule has 2 heterocycles. The summed E-state index contributed by atoms with van der Waals surface area (Å²) in [6, 6.07) is 1.66. The Morgan fingerprint density at radius 3 is 2.24 bits per heavy atom. The van der Waals surface area contributed by atoms with Gasteiger partial charge in [0.2, 0.25) is 0 Å². The molecular weight excluding hydrogens is 292 g/mol. The number of sulfonamides is 1. The predicted molar refractivity (Wildman–Crippen MR) is 77.5 cm³/mol. The van der Waals surface area contributed by atoms with Crippen molar-refractivity contribution in [3.63, 3.8) is 0 Å². The van der Waals surface area contributed by atoms with Crippen LogP contribution in [0.15, 0.2) is 17.2 Å². The van der Waals surface area contributed by atoms with Gasteiger partial charge in [0.05, 0.1) is 17.5 Å². The van der Waals surface area contributed by atoms with Gasteiger partial charge in [0.1, 0.15) is 4.90 Å². The maximum atomic E-state index is 12.3. The zero-order valence-corrected chi connectivity index (χ0v) is 13.4. The molecule has 1 amide bonds. The average Bonchev–Trinajstić information content (AvgIpc) is 2.85. The molecule has 8 heteroatoms. The molecule has 0 saturated heterocycles. The van der Waals surface area contributed by atoms with Gasteiger partial charge in [-0.2, -0.15) is 5.10 Å². The van der Waals surface area contributed by atoms with Gasteiger partial charge in [-0.25, -0.2) is 13.1 Å². The molecule has 0 aromatic carbocycles. The maximum absolute atomic E-state index is 12.3. The van der Waals surface area contributed by atoms with Crippen LogP contribution in [0.1, 0.15) is 27.4 Å². The molecule has 0 unspecified atom stereocenters. The van der Waals surface area contributed by atoms with Crippen LogP contribution in [0.5, 0.6) is 0 Å². The molecule has 0 radical (unpaired) electrons. The number of nitrogens with one attached hydrogen (secondary N) is 1. The van der Waals surface area contributed by atoms with Gasteiger partial charge in [0.15, 0.2) is 0 Å². The number of aryl methyl sites for hydroxylation is 2. The van der Waals surface area contributed by atoms with Crippen molar-refractivity contribution in [3.05, 3.63) is 34.9 Å². The van der Waals surface area contributed by atoms with E-state index in [2.05, 4.69) is 9.82 Å². The summed E-state index contributed by atoms with van der Waals surface area (Å²) < 4.78 is 29.9. The molecule has 0 fully saturated rings. The Bertz CT molecular complexity index is 815. The maximum Gasteiger partial charge on any atom is 0.267 e. The first-order valence-electron chi connectivity index (χ1n) is 6.34. The van der Waals surface area contributed by atoms with Crippen molar-refractivity contribution in [2.45, 2.75) is 25.7 Å². The molecular formula is C13H18N4O3S. The van der Waals surface area contributed by atoms with Crippen LogP contribution in [0.3, 0.4) is 0 Å². The van der Waals surface area contributed by atoms with Gasteiger partial charge in [-0.3, -0.25) is 9.48 Å². The highest BCUT2D eigenvalue weighted by molar-refractivity contribution is 7.90. The van der Waals surface area contributed by atoms with E-state index in [1.807, 2.05) is 18.5 Å². The fraction of sp³-hybridized carbons (Fsp3) is 0.385. The standard InChI is InChI=1S/C13H18N4O3S/c1-8-6-11(9(2)16(8)4)13(18)15-21(19,20)12-7-14-17(5)10(12)3/h6-7H,1-5H3,(H,15,18). The summed E-state index contributed by atoms with van der Waals surface area (Å²) in [5.74, 6) is -0.639. The third-order valence-electron chi connectivity index (χ3n) is 3.73. The Morgan fingerprint density at radius 2 is 1.81 bits per heavy atom. The lowest BCUT2D eigenvalue weighted by molar-refractivity contribution is 0.0980.